The molecule has 162 valence electrons. The molecule has 0 amide bonds. The summed E-state index contributed by atoms with van der Waals surface area (Å²) in [6, 6.07) is 0. The van der Waals surface area contributed by atoms with E-state index in [2.05, 4.69) is 19.9 Å². The Kier molecular flexibility index (Phi) is 9.46. The molecule has 2 aliphatic heterocycles. The van der Waals surface area contributed by atoms with E-state index in [1.54, 1.807) is 0 Å². The van der Waals surface area contributed by atoms with Gasteiger partial charge < -0.3 is 19.7 Å². The second-order valence-electron chi connectivity index (χ2n) is 7.18. The summed E-state index contributed by atoms with van der Waals surface area (Å²) in [5.41, 5.74) is 0. The molecular weight excluding hydrogens is 384 g/mol. The van der Waals surface area contributed by atoms with Crippen LogP contribution in [0.5, 0.6) is 0 Å². The van der Waals surface area contributed by atoms with Gasteiger partial charge in [0.1, 0.15) is 0 Å². The van der Waals surface area contributed by atoms with Crippen molar-refractivity contribution in [1.82, 2.24) is 14.9 Å². The van der Waals surface area contributed by atoms with E-state index in [0.29, 0.717) is 51.6 Å². The van der Waals surface area contributed by atoms with Crippen LogP contribution in [0, 0.1) is 5.92 Å². The van der Waals surface area contributed by atoms with Crippen LogP contribution >= 0.6 is 0 Å². The molecule has 1 atom stereocenters. The summed E-state index contributed by atoms with van der Waals surface area (Å²) in [4.78, 5) is 18.2. The fourth-order valence-electron chi connectivity index (χ4n) is 3.45. The first-order valence-electron chi connectivity index (χ1n) is 10.1. The molecule has 0 aliphatic carbocycles. The Balaban J connectivity index is 1.80. The van der Waals surface area contributed by atoms with E-state index in [9.17, 15) is 13.2 Å². The highest BCUT2D eigenvalue weighted by molar-refractivity contribution is 7.89. The molecule has 2 fully saturated rings. The summed E-state index contributed by atoms with van der Waals surface area (Å²) in [5, 5.41) is 3.20. The zero-order valence-electron chi connectivity index (χ0n) is 17.0. The summed E-state index contributed by atoms with van der Waals surface area (Å²) in [7, 11) is -1.98. The van der Waals surface area contributed by atoms with Crippen LogP contribution in [-0.4, -0.2) is 83.5 Å². The number of hydrogen-bond donors (Lipinski definition) is 2. The van der Waals surface area contributed by atoms with Gasteiger partial charge >= 0.3 is 5.97 Å². The number of ether oxygens (including phenoxy) is 2. The van der Waals surface area contributed by atoms with Gasteiger partial charge in [-0.1, -0.05) is 0 Å². The molecule has 1 unspecified atom stereocenters. The van der Waals surface area contributed by atoms with Gasteiger partial charge in [0.2, 0.25) is 10.0 Å². The Morgan fingerprint density at radius 3 is 2.61 bits per heavy atom. The van der Waals surface area contributed by atoms with Gasteiger partial charge in [0.15, 0.2) is 5.96 Å². The zero-order valence-corrected chi connectivity index (χ0v) is 17.8. The third-order valence-corrected chi connectivity index (χ3v) is 6.42. The van der Waals surface area contributed by atoms with Crippen LogP contribution in [-0.2, 0) is 24.3 Å². The van der Waals surface area contributed by atoms with Crippen molar-refractivity contribution in [2.45, 2.75) is 45.1 Å². The minimum atomic E-state index is -3.39. The van der Waals surface area contributed by atoms with Gasteiger partial charge in [-0.3, -0.25) is 9.79 Å². The van der Waals surface area contributed by atoms with Crippen molar-refractivity contribution in [1.29, 1.82) is 0 Å². The Morgan fingerprint density at radius 2 is 2.00 bits per heavy atom. The van der Waals surface area contributed by atoms with Crippen molar-refractivity contribution in [3.05, 3.63) is 0 Å². The van der Waals surface area contributed by atoms with Gasteiger partial charge in [-0.05, 0) is 39.0 Å². The number of guanidine groups is 1. The molecule has 0 spiro atoms. The lowest BCUT2D eigenvalue weighted by molar-refractivity contribution is -0.146. The maximum absolute atomic E-state index is 12.2. The number of piperidine rings is 1. The molecule has 2 saturated heterocycles. The number of carbonyl (C=O) groups excluding carboxylic acids is 1. The monoisotopic (exact) mass is 418 g/mol. The standard InChI is InChI=1S/C18H34N4O5S/c1-3-19-18(22-10-7-15(8-11-22)17(23)26-2)20-9-13-28(24,25)21-14-16-6-4-5-12-27-16/h15-16,21H,3-14H2,1-2H3,(H,19,20). The fourth-order valence-corrected chi connectivity index (χ4v) is 4.37. The van der Waals surface area contributed by atoms with Crippen molar-refractivity contribution in [2.24, 2.45) is 10.9 Å². The highest BCUT2D eigenvalue weighted by Gasteiger charge is 2.27. The second kappa shape index (κ2) is 11.6. The van der Waals surface area contributed by atoms with Crippen LogP contribution < -0.4 is 10.0 Å². The van der Waals surface area contributed by atoms with Crippen LogP contribution in [0.1, 0.15) is 39.0 Å². The first kappa shape index (κ1) is 22.9. The largest absolute Gasteiger partial charge is 0.469 e. The minimum absolute atomic E-state index is 0.0274. The molecule has 2 N–H and O–H groups in total. The third kappa shape index (κ3) is 7.56. The topological polar surface area (TPSA) is 109 Å². The van der Waals surface area contributed by atoms with Crippen molar-refractivity contribution in [3.8, 4) is 0 Å². The lowest BCUT2D eigenvalue weighted by Crippen LogP contribution is -2.47. The lowest BCUT2D eigenvalue weighted by Gasteiger charge is -2.33. The summed E-state index contributed by atoms with van der Waals surface area (Å²) in [6.07, 6.45) is 4.40. The van der Waals surface area contributed by atoms with Gasteiger partial charge in [-0.2, -0.15) is 0 Å². The van der Waals surface area contributed by atoms with Crippen LogP contribution in [0.15, 0.2) is 4.99 Å². The summed E-state index contributed by atoms with van der Waals surface area (Å²) in [6.45, 7) is 5.26. The van der Waals surface area contributed by atoms with Gasteiger partial charge in [-0.15, -0.1) is 0 Å². The Hall–Kier alpha value is -1.39. The van der Waals surface area contributed by atoms with E-state index in [1.165, 1.54) is 7.11 Å². The third-order valence-electron chi connectivity index (χ3n) is 5.09. The van der Waals surface area contributed by atoms with Crippen LogP contribution in [0.4, 0.5) is 0 Å². The van der Waals surface area contributed by atoms with Crippen molar-refractivity contribution in [3.63, 3.8) is 0 Å². The minimum Gasteiger partial charge on any atom is -0.469 e. The maximum Gasteiger partial charge on any atom is 0.308 e. The van der Waals surface area contributed by atoms with Crippen LogP contribution in [0.3, 0.4) is 0 Å². The molecule has 0 aromatic heterocycles. The zero-order chi connectivity index (χ0) is 20.4. The number of sulfonamides is 1. The summed E-state index contributed by atoms with van der Waals surface area (Å²) >= 11 is 0. The average molecular weight is 419 g/mol. The van der Waals surface area contributed by atoms with E-state index < -0.39 is 10.0 Å². The summed E-state index contributed by atoms with van der Waals surface area (Å²) in [5.74, 6) is 0.390. The highest BCUT2D eigenvalue weighted by atomic mass is 32.2. The van der Waals surface area contributed by atoms with Gasteiger partial charge in [0.25, 0.3) is 0 Å². The van der Waals surface area contributed by atoms with E-state index in [-0.39, 0.29) is 30.3 Å². The summed E-state index contributed by atoms with van der Waals surface area (Å²) < 4.78 is 37.4. The van der Waals surface area contributed by atoms with Gasteiger partial charge in [-0.25, -0.2) is 13.1 Å². The van der Waals surface area contributed by atoms with Gasteiger partial charge in [0.05, 0.1) is 31.4 Å². The van der Waals surface area contributed by atoms with E-state index in [1.807, 2.05) is 6.92 Å². The predicted molar refractivity (Wildman–Crippen MR) is 108 cm³/mol. The first-order valence-corrected chi connectivity index (χ1v) is 11.8. The maximum atomic E-state index is 12.2. The Labute approximate surface area is 168 Å². The number of aliphatic imine (C=N–C) groups is 1. The molecule has 0 bridgehead atoms. The van der Waals surface area contributed by atoms with Crippen LogP contribution in [0.25, 0.3) is 0 Å². The first-order chi connectivity index (χ1) is 13.4. The number of esters is 1. The molecular formula is C18H34N4O5S. The number of methoxy groups -OCH3 is 1. The molecule has 10 heteroatoms. The van der Waals surface area contributed by atoms with Crippen LogP contribution in [0.2, 0.25) is 0 Å². The molecule has 2 heterocycles. The van der Waals surface area contributed by atoms with E-state index >= 15 is 0 Å². The Morgan fingerprint density at radius 1 is 1.25 bits per heavy atom. The second-order valence-corrected chi connectivity index (χ2v) is 9.10. The smallest absolute Gasteiger partial charge is 0.308 e. The molecule has 2 aliphatic rings. The quantitative estimate of drug-likeness (QED) is 0.332. The molecule has 0 saturated carbocycles. The molecule has 0 radical (unpaired) electrons. The van der Waals surface area contributed by atoms with Crippen molar-refractivity contribution < 1.29 is 22.7 Å². The molecule has 9 nitrogen and oxygen atoms in total. The molecule has 2 rings (SSSR count). The van der Waals surface area contributed by atoms with Crippen molar-refractivity contribution >= 4 is 22.0 Å². The molecule has 28 heavy (non-hydrogen) atoms. The molecule has 0 aromatic carbocycles. The predicted octanol–water partition coefficient (Wildman–Crippen LogP) is 0.325. The fraction of sp³-hybridized carbons (Fsp3) is 0.889. The number of nitrogens with zero attached hydrogens (tertiary/aromatic N) is 2. The van der Waals surface area contributed by atoms with Gasteiger partial charge in [0, 0.05) is 32.8 Å². The normalized spacial score (nSPS) is 22.1. The Bertz CT molecular complexity index is 611. The van der Waals surface area contributed by atoms with Crippen molar-refractivity contribution in [2.75, 3.05) is 52.2 Å². The highest BCUT2D eigenvalue weighted by Crippen LogP contribution is 2.18. The van der Waals surface area contributed by atoms with E-state index in [0.717, 1.165) is 19.3 Å². The lowest BCUT2D eigenvalue weighted by atomic mass is 9.97. The SMILES string of the molecule is CCNC(=NCCS(=O)(=O)NCC1CCCCO1)N1CCC(C(=O)OC)CC1. The number of carbonyl (C=O) groups is 1. The number of likely N-dealkylation sites (tertiary alicyclic amines) is 1. The average Bonchev–Trinajstić information content (AvgIpc) is 2.72. The van der Waals surface area contributed by atoms with E-state index in [4.69, 9.17) is 9.47 Å². The number of hydrogen-bond acceptors (Lipinski definition) is 6. The molecule has 0 aromatic rings. The number of nitrogens with one attached hydrogen (secondary N) is 2. The number of rotatable bonds is 8.